The third-order valence-corrected chi connectivity index (χ3v) is 9.91. The van der Waals surface area contributed by atoms with Gasteiger partial charge >= 0.3 is 0 Å². The Bertz CT molecular complexity index is 1350. The Balaban J connectivity index is 1.20. The second-order valence-corrected chi connectivity index (χ2v) is 13.4. The van der Waals surface area contributed by atoms with Gasteiger partial charge in [0.1, 0.15) is 11.7 Å². The van der Waals surface area contributed by atoms with Gasteiger partial charge in [-0.3, -0.25) is 14.5 Å². The summed E-state index contributed by atoms with van der Waals surface area (Å²) < 4.78 is 13.5. The fourth-order valence-corrected chi connectivity index (χ4v) is 7.11. The molecule has 0 radical (unpaired) electrons. The number of aliphatic imine (C=N–C) groups is 1. The third kappa shape index (κ3) is 6.84. The number of hydrogen-bond donors (Lipinski definition) is 3. The lowest BCUT2D eigenvalue weighted by Gasteiger charge is -2.38. The van der Waals surface area contributed by atoms with E-state index in [1.807, 2.05) is 13.8 Å². The molecule has 8 nitrogen and oxygen atoms in total. The molecule has 9 heteroatoms. The van der Waals surface area contributed by atoms with Crippen LogP contribution >= 0.6 is 0 Å². The van der Waals surface area contributed by atoms with Gasteiger partial charge in [0.05, 0.1) is 11.6 Å². The Morgan fingerprint density at radius 1 is 1.02 bits per heavy atom. The van der Waals surface area contributed by atoms with E-state index in [9.17, 15) is 19.1 Å². The molecule has 2 aromatic rings. The first kappa shape index (κ1) is 29.9. The molecule has 0 aromatic heterocycles. The minimum absolute atomic E-state index is 0.0123. The summed E-state index contributed by atoms with van der Waals surface area (Å²) in [6.45, 7) is 8.25. The van der Waals surface area contributed by atoms with Crippen LogP contribution in [0.4, 0.5) is 10.1 Å². The summed E-state index contributed by atoms with van der Waals surface area (Å²) in [4.78, 5) is 35.3. The lowest BCUT2D eigenvalue weighted by molar-refractivity contribution is -0.127. The quantitative estimate of drug-likeness (QED) is 0.451. The fourth-order valence-electron chi connectivity index (χ4n) is 7.11. The normalized spacial score (nSPS) is 24.6. The van der Waals surface area contributed by atoms with Gasteiger partial charge in [0, 0.05) is 49.3 Å². The largest absolute Gasteiger partial charge is 0.390 e. The van der Waals surface area contributed by atoms with E-state index in [4.69, 9.17) is 0 Å². The van der Waals surface area contributed by atoms with Crippen LogP contribution in [0.5, 0.6) is 0 Å². The number of aliphatic hydroxyl groups is 1. The van der Waals surface area contributed by atoms with Crippen LogP contribution in [0.25, 0.3) is 0 Å². The van der Waals surface area contributed by atoms with Crippen molar-refractivity contribution < 1.29 is 19.1 Å². The minimum Gasteiger partial charge on any atom is -0.390 e. The van der Waals surface area contributed by atoms with Crippen molar-refractivity contribution in [1.82, 2.24) is 15.5 Å². The van der Waals surface area contributed by atoms with Crippen molar-refractivity contribution >= 4 is 23.3 Å². The first-order valence-corrected chi connectivity index (χ1v) is 15.9. The molecule has 4 aliphatic rings. The molecular weight excluding hydrogens is 545 g/mol. The first-order chi connectivity index (χ1) is 20.6. The van der Waals surface area contributed by atoms with Gasteiger partial charge in [-0.2, -0.15) is 4.99 Å². The Morgan fingerprint density at radius 3 is 2.35 bits per heavy atom. The van der Waals surface area contributed by atoms with Crippen molar-refractivity contribution in [3.63, 3.8) is 0 Å². The third-order valence-electron chi connectivity index (χ3n) is 9.91. The molecule has 6 rings (SSSR count). The van der Waals surface area contributed by atoms with Crippen molar-refractivity contribution in [2.24, 2.45) is 16.8 Å². The molecule has 3 fully saturated rings. The molecule has 0 atom stereocenters. The van der Waals surface area contributed by atoms with E-state index in [0.29, 0.717) is 17.9 Å². The lowest BCUT2D eigenvalue weighted by atomic mass is 9.83. The molecule has 2 saturated heterocycles. The van der Waals surface area contributed by atoms with E-state index in [1.54, 1.807) is 0 Å². The number of nitrogens with zero attached hydrogens (tertiary/aromatic N) is 3. The summed E-state index contributed by atoms with van der Waals surface area (Å²) in [7, 11) is 0. The average Bonchev–Trinajstić information content (AvgIpc) is 3.32. The Morgan fingerprint density at radius 2 is 1.72 bits per heavy atom. The molecule has 0 bridgehead atoms. The number of anilines is 1. The number of halogens is 1. The molecule has 3 N–H and O–H groups in total. The van der Waals surface area contributed by atoms with Crippen LogP contribution in [0.3, 0.4) is 0 Å². The van der Waals surface area contributed by atoms with Gasteiger partial charge in [0.25, 0.3) is 5.91 Å². The number of hydrogen-bond acceptors (Lipinski definition) is 5. The average molecular weight is 590 g/mol. The molecule has 2 aromatic carbocycles. The van der Waals surface area contributed by atoms with Gasteiger partial charge in [-0.25, -0.2) is 4.39 Å². The Kier molecular flexibility index (Phi) is 8.67. The zero-order chi connectivity index (χ0) is 30.1. The van der Waals surface area contributed by atoms with Gasteiger partial charge in [0.2, 0.25) is 5.91 Å². The summed E-state index contributed by atoms with van der Waals surface area (Å²) in [6.07, 6.45) is 5.83. The van der Waals surface area contributed by atoms with Crippen LogP contribution in [-0.4, -0.2) is 71.5 Å². The summed E-state index contributed by atoms with van der Waals surface area (Å²) in [5.74, 6) is 0.455. The second kappa shape index (κ2) is 12.5. The van der Waals surface area contributed by atoms with E-state index < -0.39 is 5.60 Å². The van der Waals surface area contributed by atoms with E-state index in [0.717, 1.165) is 88.3 Å². The SMILES string of the molecule is CC(C)(O)C1CCN(Cc2ccc3c(c2)N(C2CCC(C(=O)NC4CNC4)CC2)C(=NC(=O)c2ccc(F)cc2)C3)CC1. The number of nitrogens with one attached hydrogen (secondary N) is 2. The number of carbonyl (C=O) groups excluding carboxylic acids is 2. The summed E-state index contributed by atoms with van der Waals surface area (Å²) in [6, 6.07) is 12.5. The van der Waals surface area contributed by atoms with Crippen molar-refractivity contribution in [2.45, 2.75) is 83.0 Å². The topological polar surface area (TPSA) is 97.3 Å². The van der Waals surface area contributed by atoms with Crippen LogP contribution in [0.1, 0.15) is 73.9 Å². The summed E-state index contributed by atoms with van der Waals surface area (Å²) >= 11 is 0. The van der Waals surface area contributed by atoms with Gasteiger partial charge in [-0.05, 0) is 113 Å². The van der Waals surface area contributed by atoms with Crippen LogP contribution in [0, 0.1) is 17.7 Å². The molecule has 0 unspecified atom stereocenters. The maximum atomic E-state index is 13.5. The number of likely N-dealkylation sites (tertiary alicyclic amines) is 1. The van der Waals surface area contributed by atoms with E-state index in [2.05, 4.69) is 43.6 Å². The molecule has 2 amide bonds. The number of piperidine rings is 1. The molecule has 230 valence electrons. The predicted molar refractivity (Wildman–Crippen MR) is 166 cm³/mol. The Labute approximate surface area is 253 Å². The molecule has 1 aliphatic carbocycles. The highest BCUT2D eigenvalue weighted by molar-refractivity contribution is 6.12. The smallest absolute Gasteiger partial charge is 0.278 e. The van der Waals surface area contributed by atoms with Crippen LogP contribution in [0.15, 0.2) is 47.5 Å². The van der Waals surface area contributed by atoms with Crippen molar-refractivity contribution in [3.05, 3.63) is 65.0 Å². The highest BCUT2D eigenvalue weighted by Crippen LogP contribution is 2.38. The van der Waals surface area contributed by atoms with Crippen molar-refractivity contribution in [2.75, 3.05) is 31.1 Å². The molecule has 3 heterocycles. The monoisotopic (exact) mass is 589 g/mol. The number of rotatable bonds is 7. The molecule has 1 saturated carbocycles. The zero-order valence-electron chi connectivity index (χ0n) is 25.3. The van der Waals surface area contributed by atoms with Gasteiger partial charge in [-0.1, -0.05) is 12.1 Å². The number of fused-ring (bicyclic) bond motifs is 1. The lowest BCUT2D eigenvalue weighted by Crippen LogP contribution is -2.58. The van der Waals surface area contributed by atoms with Crippen LogP contribution in [-0.2, 0) is 17.8 Å². The van der Waals surface area contributed by atoms with Crippen LogP contribution in [0.2, 0.25) is 0 Å². The maximum absolute atomic E-state index is 13.5. The number of benzene rings is 2. The molecule has 0 spiro atoms. The van der Waals surface area contributed by atoms with E-state index in [-0.39, 0.29) is 35.6 Å². The highest BCUT2D eigenvalue weighted by Gasteiger charge is 2.37. The summed E-state index contributed by atoms with van der Waals surface area (Å²) in [5.41, 5.74) is 3.19. The van der Waals surface area contributed by atoms with E-state index in [1.165, 1.54) is 29.8 Å². The fraction of sp³-hybridized carbons (Fsp3) is 0.559. The molecule has 43 heavy (non-hydrogen) atoms. The van der Waals surface area contributed by atoms with Gasteiger partial charge < -0.3 is 20.6 Å². The van der Waals surface area contributed by atoms with Gasteiger partial charge in [0.15, 0.2) is 0 Å². The standard InChI is InChI=1S/C34H44FN5O3/c1-34(2,43)26-13-15-39(16-14-26)21-22-3-4-25-18-31(38-33(42)23-5-9-27(35)10-6-23)40(30(25)17-22)29-11-7-24(8-12-29)32(41)37-28-19-36-20-28/h3-6,9-10,17,24,26,28-29,36,43H,7-8,11-16,18-21H2,1-2H3,(H,37,41). The van der Waals surface area contributed by atoms with Crippen LogP contribution < -0.4 is 15.5 Å². The first-order valence-electron chi connectivity index (χ1n) is 15.9. The Hall–Kier alpha value is -3.14. The second-order valence-electron chi connectivity index (χ2n) is 13.4. The van der Waals surface area contributed by atoms with Crippen molar-refractivity contribution in [1.29, 1.82) is 0 Å². The highest BCUT2D eigenvalue weighted by atomic mass is 19.1. The number of carbonyl (C=O) groups is 2. The predicted octanol–water partition coefficient (Wildman–Crippen LogP) is 4.06. The maximum Gasteiger partial charge on any atom is 0.278 e. The number of amidine groups is 1. The van der Waals surface area contributed by atoms with Gasteiger partial charge in [-0.15, -0.1) is 0 Å². The number of amides is 2. The molecular formula is C34H44FN5O3. The molecule has 3 aliphatic heterocycles. The summed E-state index contributed by atoms with van der Waals surface area (Å²) in [5, 5.41) is 16.8. The van der Waals surface area contributed by atoms with E-state index >= 15 is 0 Å². The van der Waals surface area contributed by atoms with Crippen molar-refractivity contribution in [3.8, 4) is 0 Å². The zero-order valence-corrected chi connectivity index (χ0v) is 25.3. The minimum atomic E-state index is -0.644.